The van der Waals surface area contributed by atoms with Crippen molar-refractivity contribution in [3.63, 3.8) is 0 Å². The predicted molar refractivity (Wildman–Crippen MR) is 110 cm³/mol. The molecule has 2 saturated carbocycles. The fourth-order valence-corrected chi connectivity index (χ4v) is 11.2. The van der Waals surface area contributed by atoms with Crippen LogP contribution in [-0.4, -0.2) is 52.7 Å². The molecule has 2 aliphatic carbocycles. The molecular weight excluding hydrogens is 312 g/mol. The van der Waals surface area contributed by atoms with Gasteiger partial charge >= 0.3 is 0 Å². The molecule has 0 aromatic heterocycles. The second kappa shape index (κ2) is 10.4. The highest BCUT2D eigenvalue weighted by Gasteiger charge is 2.28. The first kappa shape index (κ1) is 19.7. The van der Waals surface area contributed by atoms with Crippen molar-refractivity contribution in [2.24, 2.45) is 0 Å². The number of nitrogens with zero attached hydrogens (tertiary/aromatic N) is 2. The van der Waals surface area contributed by atoms with Crippen molar-refractivity contribution in [3.8, 4) is 0 Å². The molecule has 23 heavy (non-hydrogen) atoms. The first-order valence-electron chi connectivity index (χ1n) is 10.7. The van der Waals surface area contributed by atoms with E-state index in [1.807, 2.05) is 0 Å². The van der Waals surface area contributed by atoms with Crippen LogP contribution in [0.1, 0.15) is 91.9 Å². The van der Waals surface area contributed by atoms with Crippen molar-refractivity contribution in [1.29, 1.82) is 0 Å². The van der Waals surface area contributed by atoms with Crippen molar-refractivity contribution in [2.75, 3.05) is 0 Å². The van der Waals surface area contributed by atoms with E-state index in [0.717, 1.165) is 24.2 Å². The lowest BCUT2D eigenvalue weighted by Crippen LogP contribution is -2.47. The SMILES string of the molecule is CCC(C)N([SiH2]C[SiH2]N(C(C)CC)C1CCCC1)C1CCCC1. The lowest BCUT2D eigenvalue weighted by atomic mass is 10.2. The highest BCUT2D eigenvalue weighted by molar-refractivity contribution is 6.52. The Morgan fingerprint density at radius 2 is 1.09 bits per heavy atom. The van der Waals surface area contributed by atoms with E-state index in [1.165, 1.54) is 64.2 Å². The van der Waals surface area contributed by atoms with Crippen molar-refractivity contribution in [2.45, 2.75) is 122 Å². The van der Waals surface area contributed by atoms with E-state index in [4.69, 9.17) is 0 Å². The summed E-state index contributed by atoms with van der Waals surface area (Å²) in [7, 11) is -0.0370. The Hall–Kier alpha value is 0.354. The molecule has 2 nitrogen and oxygen atoms in total. The van der Waals surface area contributed by atoms with Crippen LogP contribution in [-0.2, 0) is 0 Å². The lowest BCUT2D eigenvalue weighted by Gasteiger charge is -2.37. The van der Waals surface area contributed by atoms with Gasteiger partial charge < -0.3 is 9.13 Å². The molecule has 4 heteroatoms. The minimum absolute atomic E-state index is 0.0185. The molecule has 0 bridgehead atoms. The number of hydrogen-bond acceptors (Lipinski definition) is 2. The van der Waals surface area contributed by atoms with Gasteiger partial charge in [-0.15, -0.1) is 0 Å². The van der Waals surface area contributed by atoms with Crippen molar-refractivity contribution >= 4 is 19.4 Å². The van der Waals surface area contributed by atoms with E-state index in [2.05, 4.69) is 36.8 Å². The molecule has 2 rings (SSSR count). The van der Waals surface area contributed by atoms with Gasteiger partial charge in [0.05, 0.1) is 19.4 Å². The van der Waals surface area contributed by atoms with Gasteiger partial charge in [0.1, 0.15) is 0 Å². The summed E-state index contributed by atoms with van der Waals surface area (Å²) in [6.07, 6.45) is 14.6. The normalized spacial score (nSPS) is 24.3. The monoisotopic (exact) mass is 354 g/mol. The average Bonchev–Trinajstić information content (AvgIpc) is 3.27. The molecule has 0 radical (unpaired) electrons. The summed E-state index contributed by atoms with van der Waals surface area (Å²) in [5.41, 5.74) is 1.64. The Morgan fingerprint density at radius 3 is 1.39 bits per heavy atom. The largest absolute Gasteiger partial charge is 0.324 e. The number of rotatable bonds is 10. The Labute approximate surface area is 150 Å². The van der Waals surface area contributed by atoms with Gasteiger partial charge in [0.15, 0.2) is 0 Å². The van der Waals surface area contributed by atoms with Crippen LogP contribution in [0.4, 0.5) is 0 Å². The van der Waals surface area contributed by atoms with E-state index < -0.39 is 0 Å². The van der Waals surface area contributed by atoms with Crippen molar-refractivity contribution in [3.05, 3.63) is 0 Å². The van der Waals surface area contributed by atoms with E-state index in [-0.39, 0.29) is 19.4 Å². The zero-order valence-electron chi connectivity index (χ0n) is 16.4. The minimum Gasteiger partial charge on any atom is -0.324 e. The first-order valence-corrected chi connectivity index (χ1v) is 13.9. The van der Waals surface area contributed by atoms with E-state index >= 15 is 0 Å². The van der Waals surface area contributed by atoms with Crippen LogP contribution in [0, 0.1) is 0 Å². The Kier molecular flexibility index (Phi) is 8.87. The Morgan fingerprint density at radius 1 is 0.739 bits per heavy atom. The first-order chi connectivity index (χ1) is 11.2. The van der Waals surface area contributed by atoms with Gasteiger partial charge in [-0.05, 0) is 56.3 Å². The van der Waals surface area contributed by atoms with Crippen molar-refractivity contribution < 1.29 is 0 Å². The summed E-state index contributed by atoms with van der Waals surface area (Å²) in [4.78, 5) is 0. The maximum absolute atomic E-state index is 3.03. The lowest BCUT2D eigenvalue weighted by molar-refractivity contribution is 0.257. The van der Waals surface area contributed by atoms with Gasteiger partial charge in [0.2, 0.25) is 0 Å². The standard InChI is InChI=1S/C19H42N2Si2/c1-5-16(3)20(18-11-7-8-12-18)22-15-23-21(17(4)6-2)19-13-9-10-14-19/h16-19H,5-15,22-23H2,1-4H3. The van der Waals surface area contributed by atoms with Crippen LogP contribution in [0.25, 0.3) is 0 Å². The fourth-order valence-electron chi connectivity index (χ4n) is 4.90. The zero-order chi connectivity index (χ0) is 16.7. The van der Waals surface area contributed by atoms with Crippen LogP contribution in [0.5, 0.6) is 0 Å². The maximum atomic E-state index is 3.03. The van der Waals surface area contributed by atoms with E-state index in [1.54, 1.807) is 5.67 Å². The van der Waals surface area contributed by atoms with E-state index in [9.17, 15) is 0 Å². The highest BCUT2D eigenvalue weighted by Crippen LogP contribution is 2.27. The summed E-state index contributed by atoms with van der Waals surface area (Å²) in [6, 6.07) is 3.63. The summed E-state index contributed by atoms with van der Waals surface area (Å²) >= 11 is 0. The van der Waals surface area contributed by atoms with E-state index in [0.29, 0.717) is 0 Å². The van der Waals surface area contributed by atoms with Crippen LogP contribution in [0.3, 0.4) is 0 Å². The van der Waals surface area contributed by atoms with Gasteiger partial charge in [-0.3, -0.25) is 0 Å². The van der Waals surface area contributed by atoms with Gasteiger partial charge in [0.25, 0.3) is 0 Å². The van der Waals surface area contributed by atoms with Crippen LogP contribution < -0.4 is 0 Å². The smallest absolute Gasteiger partial charge is 0.0938 e. The third-order valence-corrected chi connectivity index (χ3v) is 12.6. The molecule has 2 unspecified atom stereocenters. The van der Waals surface area contributed by atoms with Gasteiger partial charge in [-0.1, -0.05) is 53.4 Å². The van der Waals surface area contributed by atoms with Crippen LogP contribution in [0.15, 0.2) is 0 Å². The second-order valence-electron chi connectivity index (χ2n) is 8.22. The molecule has 136 valence electrons. The molecule has 0 heterocycles. The molecular formula is C19H42N2Si2. The Balaban J connectivity index is 1.85. The molecule has 2 fully saturated rings. The maximum Gasteiger partial charge on any atom is 0.0938 e. The number of hydrogen-bond donors (Lipinski definition) is 0. The molecule has 2 aliphatic rings. The molecule has 0 aromatic carbocycles. The molecule has 0 aliphatic heterocycles. The molecule has 0 saturated heterocycles. The summed E-state index contributed by atoms with van der Waals surface area (Å²) in [5.74, 6) is 0. The molecule has 2 atom stereocenters. The van der Waals surface area contributed by atoms with Gasteiger partial charge in [-0.2, -0.15) is 0 Å². The molecule has 0 amide bonds. The third kappa shape index (κ3) is 5.69. The molecule has 0 N–H and O–H groups in total. The predicted octanol–water partition coefficient (Wildman–Crippen LogP) is 3.62. The minimum atomic E-state index is -0.0185. The summed E-state index contributed by atoms with van der Waals surface area (Å²) in [6.45, 7) is 9.78. The van der Waals surface area contributed by atoms with Gasteiger partial charge in [-0.25, -0.2) is 0 Å². The molecule has 0 spiro atoms. The Bertz CT molecular complexity index is 284. The summed E-state index contributed by atoms with van der Waals surface area (Å²) in [5, 5.41) is 0. The van der Waals surface area contributed by atoms with Crippen LogP contribution in [0.2, 0.25) is 5.67 Å². The summed E-state index contributed by atoms with van der Waals surface area (Å²) < 4.78 is 6.06. The zero-order valence-corrected chi connectivity index (χ0v) is 19.2. The third-order valence-electron chi connectivity index (χ3n) is 6.73. The van der Waals surface area contributed by atoms with Crippen molar-refractivity contribution in [1.82, 2.24) is 9.13 Å². The fraction of sp³-hybridized carbons (Fsp3) is 1.00. The van der Waals surface area contributed by atoms with Gasteiger partial charge in [0, 0.05) is 12.1 Å². The quantitative estimate of drug-likeness (QED) is 0.553. The topological polar surface area (TPSA) is 6.48 Å². The second-order valence-corrected chi connectivity index (χ2v) is 13.4. The highest BCUT2D eigenvalue weighted by atomic mass is 28.3. The average molecular weight is 355 g/mol. The molecule has 0 aromatic rings. The van der Waals surface area contributed by atoms with Crippen LogP contribution >= 0.6 is 0 Å².